The molecular formula is C23H27ClN6O3. The lowest BCUT2D eigenvalue weighted by molar-refractivity contribution is 0.0903. The third-order valence-electron chi connectivity index (χ3n) is 5.67. The largest absolute Gasteiger partial charge is 0.506 e. The van der Waals surface area contributed by atoms with Crippen molar-refractivity contribution >= 4 is 23.5 Å². The Kier molecular flexibility index (Phi) is 7.10. The maximum Gasteiger partial charge on any atom is 0.271 e. The van der Waals surface area contributed by atoms with Crippen molar-refractivity contribution in [3.8, 4) is 11.6 Å². The van der Waals surface area contributed by atoms with Crippen LogP contribution in [0.25, 0.3) is 5.82 Å². The first kappa shape index (κ1) is 23.0. The summed E-state index contributed by atoms with van der Waals surface area (Å²) in [6.45, 7) is 5.27. The Balaban J connectivity index is 1.50. The number of ether oxygens (including phenoxy) is 1. The summed E-state index contributed by atoms with van der Waals surface area (Å²) in [5.41, 5.74) is 1.66. The molecule has 3 aromatic rings. The number of nitrogens with one attached hydrogen (secondary N) is 2. The van der Waals surface area contributed by atoms with E-state index in [9.17, 15) is 9.90 Å². The van der Waals surface area contributed by atoms with Gasteiger partial charge in [-0.25, -0.2) is 9.97 Å². The molecule has 0 radical (unpaired) electrons. The van der Waals surface area contributed by atoms with Gasteiger partial charge in [-0.05, 0) is 32.3 Å². The lowest BCUT2D eigenvalue weighted by Crippen LogP contribution is -2.29. The molecule has 9 nitrogen and oxygen atoms in total. The van der Waals surface area contributed by atoms with Crippen molar-refractivity contribution in [2.75, 3.05) is 18.5 Å². The second kappa shape index (κ2) is 10.2. The number of carbonyl (C=O) groups excluding carboxylic acids is 1. The normalized spacial score (nSPS) is 15.2. The standard InChI is InChI=1S/C23H27ClN6O3/c1-3-18(16-5-4-6-17(24)20(16)31)28-22(32)19-12-30(13-26-19)21-14(2)11-25-23(29-21)27-15-7-9-33-10-8-15/h4-6,11-13,15,18,31H,3,7-10H2,1-2H3,(H,28,32)(H,25,27,29). The van der Waals surface area contributed by atoms with Crippen LogP contribution in [-0.2, 0) is 4.74 Å². The second-order valence-electron chi connectivity index (χ2n) is 8.01. The van der Waals surface area contributed by atoms with Crippen LogP contribution in [0.2, 0.25) is 5.02 Å². The number of para-hydroxylation sites is 1. The number of aromatic hydroxyl groups is 1. The van der Waals surface area contributed by atoms with Gasteiger partial charge in [0, 0.05) is 42.8 Å². The molecule has 0 spiro atoms. The summed E-state index contributed by atoms with van der Waals surface area (Å²) >= 11 is 6.03. The van der Waals surface area contributed by atoms with Gasteiger partial charge in [-0.15, -0.1) is 0 Å². The Labute approximate surface area is 197 Å². The number of benzene rings is 1. The van der Waals surface area contributed by atoms with Gasteiger partial charge < -0.3 is 20.5 Å². The van der Waals surface area contributed by atoms with Gasteiger partial charge in [-0.2, -0.15) is 4.98 Å². The average Bonchev–Trinajstić information content (AvgIpc) is 3.31. The molecule has 4 rings (SSSR count). The molecule has 174 valence electrons. The minimum atomic E-state index is -0.405. The molecule has 0 aliphatic carbocycles. The van der Waals surface area contributed by atoms with E-state index in [0.29, 0.717) is 23.8 Å². The monoisotopic (exact) mass is 470 g/mol. The van der Waals surface area contributed by atoms with Crippen LogP contribution in [0.3, 0.4) is 0 Å². The van der Waals surface area contributed by atoms with E-state index in [1.807, 2.05) is 13.8 Å². The summed E-state index contributed by atoms with van der Waals surface area (Å²) in [5.74, 6) is 0.792. The van der Waals surface area contributed by atoms with Crippen molar-refractivity contribution in [2.45, 2.75) is 45.2 Å². The summed E-state index contributed by atoms with van der Waals surface area (Å²) in [5, 5.41) is 16.8. The minimum Gasteiger partial charge on any atom is -0.506 e. The van der Waals surface area contributed by atoms with Crippen LogP contribution in [0.15, 0.2) is 36.9 Å². The fourth-order valence-electron chi connectivity index (χ4n) is 3.79. The van der Waals surface area contributed by atoms with Gasteiger partial charge >= 0.3 is 0 Å². The van der Waals surface area contributed by atoms with Gasteiger partial charge in [-0.3, -0.25) is 9.36 Å². The predicted octanol–water partition coefficient (Wildman–Crippen LogP) is 3.80. The van der Waals surface area contributed by atoms with Gasteiger partial charge in [0.05, 0.1) is 11.1 Å². The maximum atomic E-state index is 12.9. The molecule has 10 heteroatoms. The zero-order valence-electron chi connectivity index (χ0n) is 18.6. The predicted molar refractivity (Wildman–Crippen MR) is 125 cm³/mol. The molecule has 0 saturated carbocycles. The Morgan fingerprint density at radius 1 is 1.33 bits per heavy atom. The first-order valence-corrected chi connectivity index (χ1v) is 11.3. The molecule has 1 amide bonds. The molecule has 3 N–H and O–H groups in total. The van der Waals surface area contributed by atoms with E-state index >= 15 is 0 Å². The molecule has 1 aliphatic rings. The quantitative estimate of drug-likeness (QED) is 0.481. The van der Waals surface area contributed by atoms with E-state index in [0.717, 1.165) is 31.6 Å². The number of rotatable bonds is 7. The third kappa shape index (κ3) is 5.26. The number of imidazole rings is 1. The molecule has 0 bridgehead atoms. The van der Waals surface area contributed by atoms with Crippen LogP contribution >= 0.6 is 11.6 Å². The minimum absolute atomic E-state index is 0.0296. The van der Waals surface area contributed by atoms with Crippen molar-refractivity contribution in [3.05, 3.63) is 58.8 Å². The Bertz CT molecular complexity index is 1130. The van der Waals surface area contributed by atoms with Crippen LogP contribution < -0.4 is 10.6 Å². The summed E-state index contributed by atoms with van der Waals surface area (Å²) in [6.07, 6.45) is 7.32. The number of aryl methyl sites for hydroxylation is 1. The zero-order valence-corrected chi connectivity index (χ0v) is 19.3. The van der Waals surface area contributed by atoms with E-state index in [4.69, 9.17) is 16.3 Å². The fraction of sp³-hybridized carbons (Fsp3) is 0.391. The zero-order chi connectivity index (χ0) is 23.4. The van der Waals surface area contributed by atoms with Gasteiger partial charge in [0.1, 0.15) is 23.6 Å². The van der Waals surface area contributed by atoms with Crippen LogP contribution in [0, 0.1) is 6.92 Å². The lowest BCUT2D eigenvalue weighted by atomic mass is 10.0. The van der Waals surface area contributed by atoms with Crippen LogP contribution in [0.5, 0.6) is 5.75 Å². The number of nitrogens with zero attached hydrogens (tertiary/aromatic N) is 4. The van der Waals surface area contributed by atoms with Crippen LogP contribution in [-0.4, -0.2) is 49.8 Å². The number of halogens is 1. The number of amides is 1. The van der Waals surface area contributed by atoms with Gasteiger partial charge in [0.2, 0.25) is 5.95 Å². The molecule has 3 heterocycles. The second-order valence-corrected chi connectivity index (χ2v) is 8.42. The molecule has 33 heavy (non-hydrogen) atoms. The van der Waals surface area contributed by atoms with Gasteiger partial charge in [0.15, 0.2) is 0 Å². The summed E-state index contributed by atoms with van der Waals surface area (Å²) < 4.78 is 7.11. The van der Waals surface area contributed by atoms with Crippen molar-refractivity contribution in [1.29, 1.82) is 0 Å². The van der Waals surface area contributed by atoms with Crippen LogP contribution in [0.4, 0.5) is 5.95 Å². The van der Waals surface area contributed by atoms with Crippen molar-refractivity contribution in [2.24, 2.45) is 0 Å². The van der Waals surface area contributed by atoms with E-state index in [-0.39, 0.29) is 28.4 Å². The number of carbonyl (C=O) groups is 1. The lowest BCUT2D eigenvalue weighted by Gasteiger charge is -2.23. The molecule has 1 unspecified atom stereocenters. The van der Waals surface area contributed by atoms with Crippen LogP contribution in [0.1, 0.15) is 53.8 Å². The number of aromatic nitrogens is 4. The highest BCUT2D eigenvalue weighted by molar-refractivity contribution is 6.32. The molecule has 1 saturated heterocycles. The topological polar surface area (TPSA) is 114 Å². The van der Waals surface area contributed by atoms with E-state index in [1.54, 1.807) is 41.5 Å². The summed E-state index contributed by atoms with van der Waals surface area (Å²) in [6, 6.07) is 4.95. The van der Waals surface area contributed by atoms with E-state index in [1.165, 1.54) is 0 Å². The Morgan fingerprint density at radius 3 is 2.88 bits per heavy atom. The molecule has 1 atom stereocenters. The van der Waals surface area contributed by atoms with E-state index in [2.05, 4.69) is 25.6 Å². The van der Waals surface area contributed by atoms with Gasteiger partial charge in [-0.1, -0.05) is 30.7 Å². The first-order chi connectivity index (χ1) is 16.0. The molecule has 1 aliphatic heterocycles. The van der Waals surface area contributed by atoms with Crippen molar-refractivity contribution < 1.29 is 14.6 Å². The highest BCUT2D eigenvalue weighted by atomic mass is 35.5. The van der Waals surface area contributed by atoms with E-state index < -0.39 is 6.04 Å². The first-order valence-electron chi connectivity index (χ1n) is 11.0. The van der Waals surface area contributed by atoms with Gasteiger partial charge in [0.25, 0.3) is 5.91 Å². The molecule has 2 aromatic heterocycles. The van der Waals surface area contributed by atoms with Crippen molar-refractivity contribution in [3.63, 3.8) is 0 Å². The number of anilines is 1. The Morgan fingerprint density at radius 2 is 2.12 bits per heavy atom. The molecule has 1 fully saturated rings. The molecular weight excluding hydrogens is 444 g/mol. The summed E-state index contributed by atoms with van der Waals surface area (Å²) in [7, 11) is 0. The third-order valence-corrected chi connectivity index (χ3v) is 5.97. The summed E-state index contributed by atoms with van der Waals surface area (Å²) in [4.78, 5) is 26.2. The molecule has 1 aromatic carbocycles. The number of hydrogen-bond donors (Lipinski definition) is 3. The highest BCUT2D eigenvalue weighted by Crippen LogP contribution is 2.32. The number of hydrogen-bond acceptors (Lipinski definition) is 7. The number of phenols is 1. The highest BCUT2D eigenvalue weighted by Gasteiger charge is 2.21. The average molecular weight is 471 g/mol. The fourth-order valence-corrected chi connectivity index (χ4v) is 3.97. The smallest absolute Gasteiger partial charge is 0.271 e. The maximum absolute atomic E-state index is 12.9. The van der Waals surface area contributed by atoms with Crippen molar-refractivity contribution in [1.82, 2.24) is 24.8 Å². The Hall–Kier alpha value is -3.17. The SMILES string of the molecule is CCC(NC(=O)c1cn(-c2nc(NC3CCOCC3)ncc2C)cn1)c1cccc(Cl)c1O. The number of phenolic OH excluding ortho intramolecular Hbond substituents is 1.